The number of amides is 2. The fourth-order valence-electron chi connectivity index (χ4n) is 5.49. The van der Waals surface area contributed by atoms with E-state index in [0.717, 1.165) is 42.0 Å². The molecule has 4 rings (SSSR count). The van der Waals surface area contributed by atoms with Crippen molar-refractivity contribution in [3.8, 4) is 11.5 Å². The molecule has 45 heavy (non-hydrogen) atoms. The second-order valence-corrected chi connectivity index (χ2v) is 13.7. The summed E-state index contributed by atoms with van der Waals surface area (Å²) in [6, 6.07) is 16.6. The average molecular weight is 677 g/mol. The van der Waals surface area contributed by atoms with Crippen LogP contribution in [0.2, 0.25) is 10.0 Å². The maximum Gasteiger partial charge on any atom is 0.264 e. The van der Waals surface area contributed by atoms with E-state index in [4.69, 9.17) is 32.7 Å². The van der Waals surface area contributed by atoms with Gasteiger partial charge in [0.1, 0.15) is 12.6 Å². The molecule has 0 aromatic heterocycles. The van der Waals surface area contributed by atoms with Crippen molar-refractivity contribution in [2.75, 3.05) is 25.1 Å². The lowest BCUT2D eigenvalue weighted by molar-refractivity contribution is -0.140. The number of benzene rings is 3. The number of anilines is 1. The molecular weight excluding hydrogens is 637 g/mol. The van der Waals surface area contributed by atoms with Gasteiger partial charge in [-0.05, 0) is 73.4 Å². The Morgan fingerprint density at radius 3 is 2.07 bits per heavy atom. The molecule has 1 fully saturated rings. The van der Waals surface area contributed by atoms with Crippen molar-refractivity contribution < 1.29 is 27.5 Å². The second kappa shape index (κ2) is 15.7. The zero-order valence-electron chi connectivity index (χ0n) is 25.7. The summed E-state index contributed by atoms with van der Waals surface area (Å²) >= 11 is 12.2. The third-order valence-electron chi connectivity index (χ3n) is 7.94. The number of hydrogen-bond donors (Lipinski definition) is 1. The van der Waals surface area contributed by atoms with Crippen LogP contribution in [0.3, 0.4) is 0 Å². The van der Waals surface area contributed by atoms with Crippen molar-refractivity contribution in [2.45, 2.75) is 69.0 Å². The normalized spacial score (nSPS) is 14.3. The molecule has 0 heterocycles. The molecule has 1 aliphatic rings. The summed E-state index contributed by atoms with van der Waals surface area (Å²) in [7, 11) is -1.46. The van der Waals surface area contributed by atoms with Gasteiger partial charge in [0.25, 0.3) is 10.0 Å². The molecule has 3 aromatic rings. The Labute approximate surface area is 275 Å². The Morgan fingerprint density at radius 1 is 0.889 bits per heavy atom. The first-order valence-corrected chi connectivity index (χ1v) is 17.1. The molecular formula is C33H39Cl2N3O6S. The molecule has 0 spiro atoms. The number of nitrogens with zero attached hydrogens (tertiary/aromatic N) is 2. The standard InChI is InChI=1S/C33H39Cl2N3O6S/c1-4-29(33(40)36-26-8-6-5-7-9-26)37(21-23-10-12-24(34)13-11-23)32(39)22-38(27-16-14-25(35)15-17-27)45(41,42)28-18-19-30(43-2)31(20-28)44-3/h10-20,26,29H,4-9,21-22H2,1-3H3,(H,36,40)/t29-/m0/s1. The van der Waals surface area contributed by atoms with Crippen LogP contribution in [0.25, 0.3) is 0 Å². The molecule has 9 nitrogen and oxygen atoms in total. The van der Waals surface area contributed by atoms with Crippen LogP contribution in [-0.2, 0) is 26.2 Å². The molecule has 1 aliphatic carbocycles. The van der Waals surface area contributed by atoms with Crippen molar-refractivity contribution in [3.63, 3.8) is 0 Å². The first-order valence-electron chi connectivity index (χ1n) is 14.9. The SMILES string of the molecule is CC[C@@H](C(=O)NC1CCCCC1)N(Cc1ccc(Cl)cc1)C(=O)CN(c1ccc(Cl)cc1)S(=O)(=O)c1ccc(OC)c(OC)c1. The first-order chi connectivity index (χ1) is 21.6. The van der Waals surface area contributed by atoms with Crippen LogP contribution < -0.4 is 19.1 Å². The van der Waals surface area contributed by atoms with E-state index in [-0.39, 0.29) is 34.8 Å². The largest absolute Gasteiger partial charge is 0.493 e. The van der Waals surface area contributed by atoms with Gasteiger partial charge in [-0.25, -0.2) is 8.42 Å². The van der Waals surface area contributed by atoms with Gasteiger partial charge in [-0.1, -0.05) is 61.5 Å². The highest BCUT2D eigenvalue weighted by Crippen LogP contribution is 2.33. The highest BCUT2D eigenvalue weighted by atomic mass is 35.5. The van der Waals surface area contributed by atoms with Crippen molar-refractivity contribution in [1.82, 2.24) is 10.2 Å². The number of hydrogen-bond acceptors (Lipinski definition) is 6. The highest BCUT2D eigenvalue weighted by Gasteiger charge is 2.35. The quantitative estimate of drug-likeness (QED) is 0.223. The zero-order valence-corrected chi connectivity index (χ0v) is 28.0. The summed E-state index contributed by atoms with van der Waals surface area (Å²) in [4.78, 5) is 29.3. The summed E-state index contributed by atoms with van der Waals surface area (Å²) in [5, 5.41) is 4.09. The number of carbonyl (C=O) groups is 2. The lowest BCUT2D eigenvalue weighted by atomic mass is 9.95. The van der Waals surface area contributed by atoms with Gasteiger partial charge in [-0.15, -0.1) is 0 Å². The number of nitrogens with one attached hydrogen (secondary N) is 1. The van der Waals surface area contributed by atoms with Crippen LogP contribution >= 0.6 is 23.2 Å². The summed E-state index contributed by atoms with van der Waals surface area (Å²) in [5.41, 5.74) is 0.978. The van der Waals surface area contributed by atoms with E-state index in [9.17, 15) is 18.0 Å². The van der Waals surface area contributed by atoms with Gasteiger partial charge in [0.05, 0.1) is 24.8 Å². The van der Waals surface area contributed by atoms with E-state index in [1.807, 2.05) is 6.92 Å². The van der Waals surface area contributed by atoms with Crippen LogP contribution in [0.1, 0.15) is 51.0 Å². The van der Waals surface area contributed by atoms with Crippen LogP contribution in [0.4, 0.5) is 5.69 Å². The minimum atomic E-state index is -4.32. The molecule has 1 saturated carbocycles. The Hall–Kier alpha value is -3.47. The topological polar surface area (TPSA) is 105 Å². The van der Waals surface area contributed by atoms with Gasteiger partial charge < -0.3 is 19.7 Å². The highest BCUT2D eigenvalue weighted by molar-refractivity contribution is 7.92. The molecule has 0 radical (unpaired) electrons. The number of sulfonamides is 1. The molecule has 3 aromatic carbocycles. The molecule has 12 heteroatoms. The number of methoxy groups -OCH3 is 2. The van der Waals surface area contributed by atoms with E-state index >= 15 is 0 Å². The average Bonchev–Trinajstić information content (AvgIpc) is 3.04. The Kier molecular flexibility index (Phi) is 12.0. The van der Waals surface area contributed by atoms with Crippen molar-refractivity contribution in [1.29, 1.82) is 0 Å². The van der Waals surface area contributed by atoms with Gasteiger partial charge >= 0.3 is 0 Å². The van der Waals surface area contributed by atoms with Gasteiger partial charge in [0.2, 0.25) is 11.8 Å². The fourth-order valence-corrected chi connectivity index (χ4v) is 7.17. The third-order valence-corrected chi connectivity index (χ3v) is 10.2. The lowest BCUT2D eigenvalue weighted by Gasteiger charge is -2.34. The number of rotatable bonds is 13. The maximum absolute atomic E-state index is 14.3. The minimum Gasteiger partial charge on any atom is -0.493 e. The van der Waals surface area contributed by atoms with Gasteiger partial charge in [-0.2, -0.15) is 0 Å². The predicted octanol–water partition coefficient (Wildman–Crippen LogP) is 6.46. The number of ether oxygens (including phenoxy) is 2. The smallest absolute Gasteiger partial charge is 0.264 e. The van der Waals surface area contributed by atoms with Gasteiger partial charge in [0, 0.05) is 28.7 Å². The predicted molar refractivity (Wildman–Crippen MR) is 177 cm³/mol. The molecule has 0 bridgehead atoms. The van der Waals surface area contributed by atoms with Crippen molar-refractivity contribution in [2.24, 2.45) is 0 Å². The Bertz CT molecular complexity index is 1560. The van der Waals surface area contributed by atoms with Crippen molar-refractivity contribution >= 4 is 50.7 Å². The summed E-state index contributed by atoms with van der Waals surface area (Å²) in [6.07, 6.45) is 5.34. The van der Waals surface area contributed by atoms with E-state index in [2.05, 4.69) is 5.32 Å². The number of halogens is 2. The molecule has 0 aliphatic heterocycles. The minimum absolute atomic E-state index is 0.0452. The molecule has 1 atom stereocenters. The van der Waals surface area contributed by atoms with Crippen LogP contribution in [0.15, 0.2) is 71.6 Å². The fraction of sp³-hybridized carbons (Fsp3) is 0.394. The molecule has 1 N–H and O–H groups in total. The Balaban J connectivity index is 1.73. The van der Waals surface area contributed by atoms with Crippen LogP contribution in [0, 0.1) is 0 Å². The van der Waals surface area contributed by atoms with E-state index in [1.165, 1.54) is 49.5 Å². The summed E-state index contributed by atoms with van der Waals surface area (Å²) in [5.74, 6) is -0.229. The monoisotopic (exact) mass is 675 g/mol. The number of carbonyl (C=O) groups excluding carboxylic acids is 2. The summed E-state index contributed by atoms with van der Waals surface area (Å²) < 4.78 is 40.1. The zero-order chi connectivity index (χ0) is 32.6. The van der Waals surface area contributed by atoms with Crippen LogP contribution in [-0.4, -0.2) is 58.0 Å². The van der Waals surface area contributed by atoms with E-state index in [0.29, 0.717) is 22.2 Å². The maximum atomic E-state index is 14.3. The van der Waals surface area contributed by atoms with Crippen molar-refractivity contribution in [3.05, 3.63) is 82.3 Å². The van der Waals surface area contributed by atoms with Crippen LogP contribution in [0.5, 0.6) is 11.5 Å². The molecule has 242 valence electrons. The first kappa shape index (κ1) is 34.4. The molecule has 0 unspecified atom stereocenters. The molecule has 0 saturated heterocycles. The summed E-state index contributed by atoms with van der Waals surface area (Å²) in [6.45, 7) is 1.35. The van der Waals surface area contributed by atoms with Gasteiger partial charge in [0.15, 0.2) is 11.5 Å². The van der Waals surface area contributed by atoms with E-state index in [1.54, 1.807) is 36.4 Å². The second-order valence-electron chi connectivity index (χ2n) is 10.9. The molecule has 2 amide bonds. The van der Waals surface area contributed by atoms with Gasteiger partial charge in [-0.3, -0.25) is 13.9 Å². The lowest BCUT2D eigenvalue weighted by Crippen LogP contribution is -2.54. The Morgan fingerprint density at radius 2 is 1.49 bits per heavy atom. The third kappa shape index (κ3) is 8.62. The van der Waals surface area contributed by atoms with E-state index < -0.39 is 28.5 Å².